The van der Waals surface area contributed by atoms with Crippen molar-refractivity contribution in [3.05, 3.63) is 52.9 Å². The highest BCUT2D eigenvalue weighted by atomic mass is 35.5. The molecule has 3 nitrogen and oxygen atoms in total. The Morgan fingerprint density at radius 1 is 1.38 bits per heavy atom. The summed E-state index contributed by atoms with van der Waals surface area (Å²) >= 11 is 5.81. The van der Waals surface area contributed by atoms with E-state index in [1.807, 2.05) is 0 Å². The molecule has 1 aromatic heterocycles. The van der Waals surface area contributed by atoms with Crippen molar-refractivity contribution in [3.8, 4) is 5.75 Å². The van der Waals surface area contributed by atoms with E-state index in [4.69, 9.17) is 20.8 Å². The van der Waals surface area contributed by atoms with Crippen LogP contribution in [0.3, 0.4) is 0 Å². The van der Waals surface area contributed by atoms with Gasteiger partial charge in [-0.25, -0.2) is 0 Å². The number of ketones is 1. The second-order valence-electron chi connectivity index (χ2n) is 3.15. The monoisotopic (exact) mass is 236 g/mol. The lowest BCUT2D eigenvalue weighted by Gasteiger charge is -2.06. The van der Waals surface area contributed by atoms with Gasteiger partial charge in [0, 0.05) is 5.02 Å². The fourth-order valence-electron chi connectivity index (χ4n) is 1.39. The highest BCUT2D eigenvalue weighted by Crippen LogP contribution is 2.25. The zero-order valence-corrected chi connectivity index (χ0v) is 9.32. The summed E-state index contributed by atoms with van der Waals surface area (Å²) in [6.07, 6.45) is 1.45. The van der Waals surface area contributed by atoms with E-state index < -0.39 is 0 Å². The number of carbonyl (C=O) groups excluding carboxylic acids is 1. The first-order valence-corrected chi connectivity index (χ1v) is 5.02. The van der Waals surface area contributed by atoms with Crippen LogP contribution in [-0.2, 0) is 0 Å². The Hall–Kier alpha value is -1.74. The number of benzene rings is 1. The maximum absolute atomic E-state index is 12.0. The molecule has 0 atom stereocenters. The van der Waals surface area contributed by atoms with Crippen LogP contribution in [0.4, 0.5) is 0 Å². The van der Waals surface area contributed by atoms with Gasteiger partial charge in [0.1, 0.15) is 5.75 Å². The van der Waals surface area contributed by atoms with Gasteiger partial charge in [-0.15, -0.1) is 0 Å². The molecule has 0 fully saturated rings. The van der Waals surface area contributed by atoms with Gasteiger partial charge in [0.05, 0.1) is 18.9 Å². The molecule has 0 aliphatic heterocycles. The maximum Gasteiger partial charge on any atom is 0.231 e. The number of hydrogen-bond acceptors (Lipinski definition) is 3. The predicted octanol–water partition coefficient (Wildman–Crippen LogP) is 3.17. The van der Waals surface area contributed by atoms with Crippen molar-refractivity contribution >= 4 is 17.4 Å². The minimum Gasteiger partial charge on any atom is -0.496 e. The fraction of sp³-hybridized carbons (Fsp3) is 0.0833. The van der Waals surface area contributed by atoms with Gasteiger partial charge in [0.15, 0.2) is 5.76 Å². The number of rotatable bonds is 3. The third-order valence-corrected chi connectivity index (χ3v) is 2.39. The summed E-state index contributed by atoms with van der Waals surface area (Å²) < 4.78 is 10.1. The fourth-order valence-corrected chi connectivity index (χ4v) is 1.56. The van der Waals surface area contributed by atoms with Crippen molar-refractivity contribution in [3.63, 3.8) is 0 Å². The molecule has 0 saturated carbocycles. The van der Waals surface area contributed by atoms with E-state index >= 15 is 0 Å². The van der Waals surface area contributed by atoms with Gasteiger partial charge in [-0.1, -0.05) is 11.6 Å². The van der Waals surface area contributed by atoms with Gasteiger partial charge in [-0.2, -0.15) is 0 Å². The van der Waals surface area contributed by atoms with Crippen LogP contribution < -0.4 is 4.74 Å². The Morgan fingerprint density at radius 3 is 2.81 bits per heavy atom. The molecule has 0 saturated heterocycles. The van der Waals surface area contributed by atoms with E-state index in [0.717, 1.165) is 0 Å². The number of methoxy groups -OCH3 is 1. The molecule has 0 bridgehead atoms. The summed E-state index contributed by atoms with van der Waals surface area (Å²) in [6, 6.07) is 8.12. The molecule has 0 aliphatic rings. The zero-order chi connectivity index (χ0) is 11.5. The van der Waals surface area contributed by atoms with E-state index in [9.17, 15) is 4.79 Å². The van der Waals surface area contributed by atoms with E-state index in [1.54, 1.807) is 30.3 Å². The third kappa shape index (κ3) is 1.95. The molecule has 0 amide bonds. The summed E-state index contributed by atoms with van der Waals surface area (Å²) in [5.41, 5.74) is 0.432. The highest BCUT2D eigenvalue weighted by molar-refractivity contribution is 6.31. The second-order valence-corrected chi connectivity index (χ2v) is 3.59. The van der Waals surface area contributed by atoms with Crippen molar-refractivity contribution in [2.24, 2.45) is 0 Å². The van der Waals surface area contributed by atoms with Crippen LogP contribution in [0.5, 0.6) is 5.75 Å². The van der Waals surface area contributed by atoms with Crippen molar-refractivity contribution in [2.45, 2.75) is 0 Å². The van der Waals surface area contributed by atoms with Crippen molar-refractivity contribution < 1.29 is 13.9 Å². The molecular weight excluding hydrogens is 228 g/mol. The van der Waals surface area contributed by atoms with Crippen LogP contribution in [0, 0.1) is 0 Å². The Morgan fingerprint density at radius 2 is 2.19 bits per heavy atom. The number of hydrogen-bond donors (Lipinski definition) is 0. The summed E-state index contributed by atoms with van der Waals surface area (Å²) in [7, 11) is 1.49. The molecule has 1 heterocycles. The highest BCUT2D eigenvalue weighted by Gasteiger charge is 2.16. The van der Waals surface area contributed by atoms with E-state index in [2.05, 4.69) is 0 Å². The van der Waals surface area contributed by atoms with E-state index in [1.165, 1.54) is 13.4 Å². The lowest BCUT2D eigenvalue weighted by atomic mass is 10.1. The zero-order valence-electron chi connectivity index (χ0n) is 8.57. The van der Waals surface area contributed by atoms with Crippen LogP contribution in [0.25, 0.3) is 0 Å². The first-order valence-electron chi connectivity index (χ1n) is 4.64. The van der Waals surface area contributed by atoms with Gasteiger partial charge in [0.25, 0.3) is 0 Å². The molecule has 2 rings (SSSR count). The van der Waals surface area contributed by atoms with Gasteiger partial charge < -0.3 is 9.15 Å². The van der Waals surface area contributed by atoms with Gasteiger partial charge >= 0.3 is 0 Å². The van der Waals surface area contributed by atoms with Gasteiger partial charge in [0.2, 0.25) is 5.78 Å². The minimum atomic E-state index is -0.224. The lowest BCUT2D eigenvalue weighted by Crippen LogP contribution is -2.02. The largest absolute Gasteiger partial charge is 0.496 e. The average molecular weight is 237 g/mol. The van der Waals surface area contributed by atoms with E-state index in [0.29, 0.717) is 16.3 Å². The van der Waals surface area contributed by atoms with Crippen molar-refractivity contribution in [1.29, 1.82) is 0 Å². The van der Waals surface area contributed by atoms with Crippen LogP contribution in [-0.4, -0.2) is 12.9 Å². The van der Waals surface area contributed by atoms with Crippen molar-refractivity contribution in [1.82, 2.24) is 0 Å². The lowest BCUT2D eigenvalue weighted by molar-refractivity contribution is 0.101. The van der Waals surface area contributed by atoms with Gasteiger partial charge in [-0.3, -0.25) is 4.79 Å². The molecule has 16 heavy (non-hydrogen) atoms. The van der Waals surface area contributed by atoms with Crippen LogP contribution in [0.1, 0.15) is 16.1 Å². The number of carbonyl (C=O) groups is 1. The predicted molar refractivity (Wildman–Crippen MR) is 60.1 cm³/mol. The number of halogens is 1. The molecule has 4 heteroatoms. The third-order valence-electron chi connectivity index (χ3n) is 2.15. The second kappa shape index (κ2) is 4.41. The standard InChI is InChI=1S/C12H9ClO3/c1-15-11-7-8(13)4-5-9(11)12(14)10-3-2-6-16-10/h2-7H,1H3. The smallest absolute Gasteiger partial charge is 0.231 e. The summed E-state index contributed by atoms with van der Waals surface area (Å²) in [6.45, 7) is 0. The Kier molecular flexibility index (Phi) is 2.97. The topological polar surface area (TPSA) is 39.4 Å². The quantitative estimate of drug-likeness (QED) is 0.769. The SMILES string of the molecule is COc1cc(Cl)ccc1C(=O)c1ccco1. The van der Waals surface area contributed by atoms with Crippen LogP contribution >= 0.6 is 11.6 Å². The van der Waals surface area contributed by atoms with E-state index in [-0.39, 0.29) is 11.5 Å². The molecule has 1 aromatic carbocycles. The number of furan rings is 1. The summed E-state index contributed by atoms with van der Waals surface area (Å²) in [4.78, 5) is 12.0. The molecule has 0 spiro atoms. The molecule has 0 unspecified atom stereocenters. The molecule has 0 aliphatic carbocycles. The first-order chi connectivity index (χ1) is 7.72. The Balaban J connectivity index is 2.44. The average Bonchev–Trinajstić information content (AvgIpc) is 2.81. The molecular formula is C12H9ClO3. The van der Waals surface area contributed by atoms with Crippen molar-refractivity contribution in [2.75, 3.05) is 7.11 Å². The van der Waals surface area contributed by atoms with Gasteiger partial charge in [-0.05, 0) is 30.3 Å². The maximum atomic E-state index is 12.0. The first kappa shape index (κ1) is 10.8. The molecule has 0 N–H and O–H groups in total. The molecule has 82 valence electrons. The normalized spacial score (nSPS) is 10.1. The Labute approximate surface area is 97.6 Å². The molecule has 2 aromatic rings. The molecule has 0 radical (unpaired) electrons. The van der Waals surface area contributed by atoms with Crippen LogP contribution in [0.2, 0.25) is 5.02 Å². The van der Waals surface area contributed by atoms with Crippen LogP contribution in [0.15, 0.2) is 41.0 Å². The summed E-state index contributed by atoms with van der Waals surface area (Å²) in [5.74, 6) is 0.494. The number of ether oxygens (including phenoxy) is 1. The Bertz CT molecular complexity index is 503. The summed E-state index contributed by atoms with van der Waals surface area (Å²) in [5, 5.41) is 0.521. The minimum absolute atomic E-state index is 0.224.